The molecule has 138 valence electrons. The molecule has 2 aromatic rings. The second-order valence-electron chi connectivity index (χ2n) is 7.04. The molecule has 4 heterocycles. The molecule has 3 fully saturated rings. The number of hydrogen-bond donors (Lipinski definition) is 1. The van der Waals surface area contributed by atoms with Crippen LogP contribution in [0.1, 0.15) is 41.6 Å². The average Bonchev–Trinajstić information content (AvgIpc) is 3.10. The summed E-state index contributed by atoms with van der Waals surface area (Å²) in [5.74, 6) is 0.661. The molecular formula is C19H23N3O2S2. The zero-order chi connectivity index (χ0) is 18.3. The zero-order valence-corrected chi connectivity index (χ0v) is 16.6. The van der Waals surface area contributed by atoms with Gasteiger partial charge in [-0.1, -0.05) is 11.8 Å². The predicted molar refractivity (Wildman–Crippen MR) is 104 cm³/mol. The molecule has 1 amide bonds. The van der Waals surface area contributed by atoms with Crippen LogP contribution in [-0.4, -0.2) is 41.4 Å². The predicted octanol–water partition coefficient (Wildman–Crippen LogP) is 3.60. The van der Waals surface area contributed by atoms with Crippen molar-refractivity contribution in [1.82, 2.24) is 9.27 Å². The van der Waals surface area contributed by atoms with Crippen LogP contribution in [0.4, 0.5) is 0 Å². The molecule has 1 aromatic carbocycles. The molecule has 0 spiro atoms. The molecule has 0 saturated carbocycles. The monoisotopic (exact) mass is 389 g/mol. The molecule has 3 aliphatic heterocycles. The lowest BCUT2D eigenvalue weighted by Crippen LogP contribution is -2.52. The summed E-state index contributed by atoms with van der Waals surface area (Å²) < 4.78 is 9.64. The van der Waals surface area contributed by atoms with E-state index in [4.69, 9.17) is 10.5 Å². The summed E-state index contributed by atoms with van der Waals surface area (Å²) in [5.41, 5.74) is 7.47. The quantitative estimate of drug-likeness (QED) is 0.846. The van der Waals surface area contributed by atoms with Crippen molar-refractivity contribution in [2.75, 3.05) is 20.2 Å². The Morgan fingerprint density at radius 2 is 2.12 bits per heavy atom. The van der Waals surface area contributed by atoms with Gasteiger partial charge in [-0.2, -0.15) is 4.37 Å². The molecule has 0 aliphatic carbocycles. The number of ether oxygens (including phenoxy) is 1. The fraction of sp³-hybridized carbons (Fsp3) is 0.474. The Morgan fingerprint density at radius 3 is 2.73 bits per heavy atom. The number of amides is 1. The lowest BCUT2D eigenvalue weighted by molar-refractivity contribution is 0.0346. The third-order valence-electron chi connectivity index (χ3n) is 5.72. The van der Waals surface area contributed by atoms with Gasteiger partial charge in [-0.25, -0.2) is 0 Å². The van der Waals surface area contributed by atoms with Crippen molar-refractivity contribution >= 4 is 29.2 Å². The van der Waals surface area contributed by atoms with Gasteiger partial charge in [0.05, 0.1) is 7.11 Å². The third kappa shape index (κ3) is 3.23. The topological polar surface area (TPSA) is 68.5 Å². The number of carbonyl (C=O) groups excluding carboxylic acids is 1. The van der Waals surface area contributed by atoms with E-state index in [1.165, 1.54) is 37.5 Å². The van der Waals surface area contributed by atoms with E-state index in [-0.39, 0.29) is 5.91 Å². The van der Waals surface area contributed by atoms with E-state index in [9.17, 15) is 4.79 Å². The summed E-state index contributed by atoms with van der Waals surface area (Å²) in [4.78, 5) is 15.7. The van der Waals surface area contributed by atoms with E-state index >= 15 is 0 Å². The Morgan fingerprint density at radius 1 is 1.35 bits per heavy atom. The molecule has 3 saturated heterocycles. The largest absolute Gasteiger partial charge is 0.486 e. The molecule has 2 N–H and O–H groups in total. The van der Waals surface area contributed by atoms with Gasteiger partial charge in [0.15, 0.2) is 5.06 Å². The van der Waals surface area contributed by atoms with Crippen LogP contribution in [0, 0.1) is 5.92 Å². The zero-order valence-electron chi connectivity index (χ0n) is 15.0. The molecule has 0 unspecified atom stereocenters. The smallest absolute Gasteiger partial charge is 0.248 e. The summed E-state index contributed by atoms with van der Waals surface area (Å²) in [7, 11) is 1.65. The van der Waals surface area contributed by atoms with Gasteiger partial charge < -0.3 is 15.4 Å². The highest BCUT2D eigenvalue weighted by molar-refractivity contribution is 7.99. The second kappa shape index (κ2) is 7.21. The SMILES string of the molecule is COc1cc(Sc2ccc(C(N)=O)c([C@H]3C4CCN(CC4)[C@H]3C)c2)ns1. The molecule has 3 aliphatic rings. The summed E-state index contributed by atoms with van der Waals surface area (Å²) in [6, 6.07) is 8.38. The lowest BCUT2D eigenvalue weighted by atomic mass is 9.70. The van der Waals surface area contributed by atoms with Gasteiger partial charge in [-0.15, -0.1) is 0 Å². The Labute approximate surface area is 162 Å². The lowest BCUT2D eigenvalue weighted by Gasteiger charge is -2.50. The van der Waals surface area contributed by atoms with E-state index < -0.39 is 0 Å². The van der Waals surface area contributed by atoms with Gasteiger partial charge >= 0.3 is 0 Å². The van der Waals surface area contributed by atoms with Crippen molar-refractivity contribution in [3.63, 3.8) is 0 Å². The second-order valence-corrected chi connectivity index (χ2v) is 8.90. The van der Waals surface area contributed by atoms with Crippen LogP contribution in [0.2, 0.25) is 0 Å². The number of methoxy groups -OCH3 is 1. The minimum absolute atomic E-state index is 0.337. The minimum atomic E-state index is -0.337. The van der Waals surface area contributed by atoms with E-state index in [2.05, 4.69) is 22.3 Å². The molecular weight excluding hydrogens is 366 g/mol. The van der Waals surface area contributed by atoms with Gasteiger partial charge in [0.25, 0.3) is 0 Å². The number of nitrogens with zero attached hydrogens (tertiary/aromatic N) is 2. The molecule has 5 nitrogen and oxygen atoms in total. The number of rotatable bonds is 5. The highest BCUT2D eigenvalue weighted by Gasteiger charge is 2.41. The van der Waals surface area contributed by atoms with Crippen LogP contribution in [0.15, 0.2) is 34.2 Å². The number of hydrogen-bond acceptors (Lipinski definition) is 6. The van der Waals surface area contributed by atoms with Crippen LogP contribution in [0.5, 0.6) is 5.06 Å². The fourth-order valence-electron chi connectivity index (χ4n) is 4.43. The Kier molecular flexibility index (Phi) is 4.94. The van der Waals surface area contributed by atoms with E-state index in [1.54, 1.807) is 18.9 Å². The summed E-state index contributed by atoms with van der Waals surface area (Å²) in [6.07, 6.45) is 2.40. The minimum Gasteiger partial charge on any atom is -0.486 e. The van der Waals surface area contributed by atoms with Gasteiger partial charge in [-0.05, 0) is 62.5 Å². The first kappa shape index (κ1) is 17.8. The number of aromatic nitrogens is 1. The molecule has 5 rings (SSSR count). The van der Waals surface area contributed by atoms with Crippen LogP contribution in [0.3, 0.4) is 0 Å². The number of fused-ring (bicyclic) bond motifs is 3. The van der Waals surface area contributed by atoms with E-state index in [0.717, 1.165) is 20.5 Å². The first-order valence-corrected chi connectivity index (χ1v) is 10.5. The molecule has 2 bridgehead atoms. The van der Waals surface area contributed by atoms with Gasteiger partial charge in [0, 0.05) is 40.0 Å². The van der Waals surface area contributed by atoms with Gasteiger partial charge in [0.1, 0.15) is 5.03 Å². The van der Waals surface area contributed by atoms with Crippen LogP contribution < -0.4 is 10.5 Å². The molecule has 7 heteroatoms. The maximum Gasteiger partial charge on any atom is 0.248 e. The number of nitrogens with two attached hydrogens (primary N) is 1. The number of carbonyl (C=O) groups is 1. The first-order chi connectivity index (χ1) is 12.6. The van der Waals surface area contributed by atoms with Crippen molar-refractivity contribution < 1.29 is 9.53 Å². The Bertz CT molecular complexity index is 813. The van der Waals surface area contributed by atoms with Crippen LogP contribution in [-0.2, 0) is 0 Å². The van der Waals surface area contributed by atoms with Crippen molar-refractivity contribution in [1.29, 1.82) is 0 Å². The molecule has 26 heavy (non-hydrogen) atoms. The average molecular weight is 390 g/mol. The van der Waals surface area contributed by atoms with Crippen LogP contribution >= 0.6 is 23.3 Å². The van der Waals surface area contributed by atoms with Crippen molar-refractivity contribution in [2.45, 2.75) is 41.6 Å². The normalized spacial score (nSPS) is 27.5. The first-order valence-electron chi connectivity index (χ1n) is 8.93. The van der Waals surface area contributed by atoms with Crippen molar-refractivity contribution in [3.05, 3.63) is 35.4 Å². The Balaban J connectivity index is 1.68. The highest BCUT2D eigenvalue weighted by Crippen LogP contribution is 2.45. The van der Waals surface area contributed by atoms with E-state index in [0.29, 0.717) is 23.4 Å². The maximum absolute atomic E-state index is 12.1. The number of piperidine rings is 3. The maximum atomic E-state index is 12.1. The van der Waals surface area contributed by atoms with Gasteiger partial charge in [0.2, 0.25) is 5.91 Å². The van der Waals surface area contributed by atoms with Crippen LogP contribution in [0.25, 0.3) is 0 Å². The summed E-state index contributed by atoms with van der Waals surface area (Å²) in [6.45, 7) is 4.62. The third-order valence-corrected chi connectivity index (χ3v) is 7.49. The highest BCUT2D eigenvalue weighted by atomic mass is 32.2. The van der Waals surface area contributed by atoms with Crippen molar-refractivity contribution in [3.8, 4) is 5.06 Å². The number of benzene rings is 1. The Hall–Kier alpha value is -1.57. The fourth-order valence-corrected chi connectivity index (χ4v) is 5.97. The molecule has 0 radical (unpaired) electrons. The molecule has 1 aromatic heterocycles. The standard InChI is InChI=1S/C19H23N3O2S2/c1-11-18(12-5-7-22(11)8-6-12)15-9-13(3-4-14(15)19(20)23)25-16-10-17(24-2)26-21-16/h3-4,9-12,18H,5-8H2,1-2H3,(H2,20,23)/t11-,18+/m0/s1. The number of primary amides is 1. The van der Waals surface area contributed by atoms with Crippen molar-refractivity contribution in [2.24, 2.45) is 11.7 Å². The van der Waals surface area contributed by atoms with E-state index in [1.807, 2.05) is 18.2 Å². The summed E-state index contributed by atoms with van der Waals surface area (Å²) >= 11 is 2.94. The molecule has 2 atom stereocenters. The van der Waals surface area contributed by atoms with Gasteiger partial charge in [-0.3, -0.25) is 4.79 Å². The summed E-state index contributed by atoms with van der Waals surface area (Å²) in [5, 5.41) is 1.71.